The Balaban J connectivity index is 2.95. The molecule has 0 heterocycles. The van der Waals surface area contributed by atoms with Crippen LogP contribution in [-0.4, -0.2) is 17.9 Å². The van der Waals surface area contributed by atoms with Crippen LogP contribution in [0.3, 0.4) is 0 Å². The molecule has 1 aromatic rings. The van der Waals surface area contributed by atoms with Crippen LogP contribution in [0.5, 0.6) is 0 Å². The molecule has 18 heavy (non-hydrogen) atoms. The smallest absolute Gasteiger partial charge is 0.223 e. The second-order valence-electron chi connectivity index (χ2n) is 4.99. The van der Waals surface area contributed by atoms with Crippen molar-refractivity contribution in [3.8, 4) is 6.07 Å². The van der Waals surface area contributed by atoms with Crippen molar-refractivity contribution in [1.29, 1.82) is 5.26 Å². The van der Waals surface area contributed by atoms with E-state index in [9.17, 15) is 10.1 Å². The van der Waals surface area contributed by atoms with Crippen molar-refractivity contribution in [2.45, 2.75) is 33.2 Å². The van der Waals surface area contributed by atoms with Gasteiger partial charge in [-0.3, -0.25) is 4.79 Å². The molecular weight excluding hydrogens is 224 g/mol. The molecule has 1 unspecified atom stereocenters. The average molecular weight is 244 g/mol. The zero-order valence-electron chi connectivity index (χ0n) is 11.5. The van der Waals surface area contributed by atoms with Crippen LogP contribution in [0.4, 0.5) is 0 Å². The number of carbonyl (C=O) groups excluding carboxylic acids is 1. The second-order valence-corrected chi connectivity index (χ2v) is 4.99. The van der Waals surface area contributed by atoms with Crippen LogP contribution in [0, 0.1) is 24.2 Å². The van der Waals surface area contributed by atoms with E-state index in [1.54, 1.807) is 11.9 Å². The topological polar surface area (TPSA) is 44.1 Å². The molecule has 1 amide bonds. The third kappa shape index (κ3) is 3.33. The fourth-order valence-electron chi connectivity index (χ4n) is 1.90. The summed E-state index contributed by atoms with van der Waals surface area (Å²) >= 11 is 0. The molecule has 0 radical (unpaired) electrons. The van der Waals surface area contributed by atoms with Gasteiger partial charge in [0.2, 0.25) is 5.91 Å². The molecular formula is C15H20N2O. The maximum Gasteiger partial charge on any atom is 0.223 e. The summed E-state index contributed by atoms with van der Waals surface area (Å²) in [6.45, 7) is 5.96. The third-order valence-electron chi connectivity index (χ3n) is 2.97. The molecule has 1 aromatic carbocycles. The molecule has 0 saturated heterocycles. The molecule has 0 fully saturated rings. The monoisotopic (exact) mass is 244 g/mol. The van der Waals surface area contributed by atoms with Crippen molar-refractivity contribution >= 4 is 5.91 Å². The van der Waals surface area contributed by atoms with Gasteiger partial charge in [0, 0.05) is 13.5 Å². The predicted molar refractivity (Wildman–Crippen MR) is 71.8 cm³/mol. The normalized spacial score (nSPS) is 12.0. The van der Waals surface area contributed by atoms with Crippen LogP contribution in [0.15, 0.2) is 24.3 Å². The number of hydrogen-bond acceptors (Lipinski definition) is 2. The lowest BCUT2D eigenvalue weighted by molar-refractivity contribution is -0.131. The molecule has 1 atom stereocenters. The van der Waals surface area contributed by atoms with Crippen LogP contribution in [0.25, 0.3) is 0 Å². The Hall–Kier alpha value is -1.82. The Kier molecular flexibility index (Phi) is 4.91. The predicted octanol–water partition coefficient (Wildman–Crippen LogP) is 3.06. The van der Waals surface area contributed by atoms with E-state index >= 15 is 0 Å². The molecule has 96 valence electrons. The Morgan fingerprint density at radius 3 is 2.50 bits per heavy atom. The maximum absolute atomic E-state index is 12.0. The van der Waals surface area contributed by atoms with Crippen LogP contribution in [-0.2, 0) is 4.79 Å². The fourth-order valence-corrected chi connectivity index (χ4v) is 1.90. The first-order valence-corrected chi connectivity index (χ1v) is 6.18. The third-order valence-corrected chi connectivity index (χ3v) is 2.97. The van der Waals surface area contributed by atoms with E-state index in [2.05, 4.69) is 6.07 Å². The van der Waals surface area contributed by atoms with Gasteiger partial charge >= 0.3 is 0 Å². The summed E-state index contributed by atoms with van der Waals surface area (Å²) in [6, 6.07) is 9.41. The zero-order valence-corrected chi connectivity index (χ0v) is 11.5. The van der Waals surface area contributed by atoms with Crippen molar-refractivity contribution < 1.29 is 4.79 Å². The molecule has 0 spiro atoms. The molecule has 0 aliphatic rings. The Bertz CT molecular complexity index is 460. The van der Waals surface area contributed by atoms with E-state index in [-0.39, 0.29) is 5.91 Å². The highest BCUT2D eigenvalue weighted by Gasteiger charge is 2.22. The van der Waals surface area contributed by atoms with Gasteiger partial charge in [-0.15, -0.1) is 0 Å². The molecule has 1 rings (SSSR count). The minimum atomic E-state index is -0.502. The summed E-state index contributed by atoms with van der Waals surface area (Å²) in [5.74, 6) is 0.316. The zero-order chi connectivity index (χ0) is 13.7. The minimum absolute atomic E-state index is 0.0137. The number of hydrogen-bond donors (Lipinski definition) is 0. The summed E-state index contributed by atoms with van der Waals surface area (Å²) < 4.78 is 0. The van der Waals surface area contributed by atoms with Crippen molar-refractivity contribution in [1.82, 2.24) is 4.90 Å². The van der Waals surface area contributed by atoms with Gasteiger partial charge in [0.05, 0.1) is 6.07 Å². The van der Waals surface area contributed by atoms with Gasteiger partial charge in [0.25, 0.3) is 0 Å². The van der Waals surface area contributed by atoms with E-state index in [0.717, 1.165) is 11.1 Å². The minimum Gasteiger partial charge on any atom is -0.326 e. The van der Waals surface area contributed by atoms with Gasteiger partial charge in [-0.2, -0.15) is 5.26 Å². The van der Waals surface area contributed by atoms with E-state index in [1.165, 1.54) is 0 Å². The number of aryl methyl sites for hydroxylation is 1. The Labute approximate surface area is 109 Å². The van der Waals surface area contributed by atoms with E-state index in [1.807, 2.05) is 45.0 Å². The van der Waals surface area contributed by atoms with Gasteiger partial charge in [0.15, 0.2) is 0 Å². The fraction of sp³-hybridized carbons (Fsp3) is 0.467. The first kappa shape index (κ1) is 14.2. The summed E-state index contributed by atoms with van der Waals surface area (Å²) in [5, 5.41) is 9.31. The standard InChI is InChI=1S/C15H20N2O/c1-11(2)9-15(18)17(4)14(10-16)13-8-6-5-7-12(13)3/h5-8,11,14H,9H2,1-4H3. The lowest BCUT2D eigenvalue weighted by atomic mass is 10.0. The van der Waals surface area contributed by atoms with E-state index in [4.69, 9.17) is 0 Å². The lowest BCUT2D eigenvalue weighted by Crippen LogP contribution is -2.31. The molecule has 0 aliphatic heterocycles. The van der Waals surface area contributed by atoms with Gasteiger partial charge in [0.1, 0.15) is 6.04 Å². The average Bonchev–Trinajstić information content (AvgIpc) is 2.31. The Morgan fingerprint density at radius 1 is 1.39 bits per heavy atom. The molecule has 0 saturated carbocycles. The van der Waals surface area contributed by atoms with Crippen LogP contribution in [0.2, 0.25) is 0 Å². The second kappa shape index (κ2) is 6.20. The summed E-state index contributed by atoms with van der Waals surface area (Å²) in [5.41, 5.74) is 1.94. The Morgan fingerprint density at radius 2 is 2.00 bits per heavy atom. The number of carbonyl (C=O) groups is 1. The lowest BCUT2D eigenvalue weighted by Gasteiger charge is -2.25. The molecule has 0 aromatic heterocycles. The van der Waals surface area contributed by atoms with Crippen LogP contribution in [0.1, 0.15) is 37.4 Å². The maximum atomic E-state index is 12.0. The van der Waals surface area contributed by atoms with Crippen molar-refractivity contribution in [3.05, 3.63) is 35.4 Å². The first-order valence-electron chi connectivity index (χ1n) is 6.18. The van der Waals surface area contributed by atoms with E-state index in [0.29, 0.717) is 12.3 Å². The quantitative estimate of drug-likeness (QED) is 0.817. The van der Waals surface area contributed by atoms with Gasteiger partial charge < -0.3 is 4.90 Å². The number of amides is 1. The van der Waals surface area contributed by atoms with Gasteiger partial charge in [-0.1, -0.05) is 38.1 Å². The number of nitriles is 1. The van der Waals surface area contributed by atoms with Gasteiger partial charge in [-0.25, -0.2) is 0 Å². The highest BCUT2D eigenvalue weighted by atomic mass is 16.2. The van der Waals surface area contributed by atoms with Crippen LogP contribution >= 0.6 is 0 Å². The SMILES string of the molecule is Cc1ccccc1C(C#N)N(C)C(=O)CC(C)C. The van der Waals surface area contributed by atoms with Gasteiger partial charge in [-0.05, 0) is 24.0 Å². The molecule has 3 heteroatoms. The number of benzene rings is 1. The highest BCUT2D eigenvalue weighted by Crippen LogP contribution is 2.23. The summed E-state index contributed by atoms with van der Waals surface area (Å²) in [7, 11) is 1.70. The molecule has 3 nitrogen and oxygen atoms in total. The first-order chi connectivity index (χ1) is 8.47. The highest BCUT2D eigenvalue weighted by molar-refractivity contribution is 5.77. The molecule has 0 aliphatic carbocycles. The van der Waals surface area contributed by atoms with Crippen molar-refractivity contribution in [2.75, 3.05) is 7.05 Å². The van der Waals surface area contributed by atoms with Crippen LogP contribution < -0.4 is 0 Å². The summed E-state index contributed by atoms with van der Waals surface area (Å²) in [6.07, 6.45) is 0.473. The van der Waals surface area contributed by atoms with Crippen molar-refractivity contribution in [2.24, 2.45) is 5.92 Å². The van der Waals surface area contributed by atoms with E-state index < -0.39 is 6.04 Å². The summed E-state index contributed by atoms with van der Waals surface area (Å²) in [4.78, 5) is 13.6. The molecule has 0 bridgehead atoms. The number of nitrogens with zero attached hydrogens (tertiary/aromatic N) is 2. The van der Waals surface area contributed by atoms with Crippen molar-refractivity contribution in [3.63, 3.8) is 0 Å². The molecule has 0 N–H and O–H groups in total. The number of rotatable bonds is 4. The largest absolute Gasteiger partial charge is 0.326 e.